The molecule has 0 aliphatic carbocycles. The highest BCUT2D eigenvalue weighted by Gasteiger charge is 2.21. The Morgan fingerprint density at radius 3 is 2.54 bits per heavy atom. The molecular weight excluding hydrogens is 339 g/mol. The standard InChI is InChI=1S/C18H21N2O2PS/c1-3-19-23(21,22-4-2)13-14-9-11-15(12-10-14)18-20-16-7-5-6-8-17(16)24-18/h5-12H,3-4,13H2,1-2H3,(H,19,21). The van der Waals surface area contributed by atoms with Crippen molar-refractivity contribution in [3.63, 3.8) is 0 Å². The first-order chi connectivity index (χ1) is 11.6. The predicted octanol–water partition coefficient (Wildman–Crippen LogP) is 5.30. The van der Waals surface area contributed by atoms with Gasteiger partial charge in [-0.15, -0.1) is 11.3 Å². The van der Waals surface area contributed by atoms with Gasteiger partial charge in [-0.1, -0.05) is 43.3 Å². The van der Waals surface area contributed by atoms with Gasteiger partial charge in [0, 0.05) is 12.1 Å². The van der Waals surface area contributed by atoms with Gasteiger partial charge in [-0.05, 0) is 24.6 Å². The number of nitrogens with zero attached hydrogens (tertiary/aromatic N) is 1. The number of fused-ring (bicyclic) bond motifs is 1. The first-order valence-corrected chi connectivity index (χ1v) is 10.7. The van der Waals surface area contributed by atoms with E-state index < -0.39 is 7.52 Å². The molecule has 2 aromatic carbocycles. The van der Waals surface area contributed by atoms with Crippen LogP contribution in [0.15, 0.2) is 48.5 Å². The lowest BCUT2D eigenvalue weighted by molar-refractivity contribution is 0.324. The highest BCUT2D eigenvalue weighted by molar-refractivity contribution is 7.56. The molecule has 24 heavy (non-hydrogen) atoms. The van der Waals surface area contributed by atoms with Crippen LogP contribution in [0.5, 0.6) is 0 Å². The summed E-state index contributed by atoms with van der Waals surface area (Å²) in [5.41, 5.74) is 3.10. The van der Waals surface area contributed by atoms with Crippen molar-refractivity contribution < 1.29 is 9.09 Å². The van der Waals surface area contributed by atoms with E-state index in [0.717, 1.165) is 21.7 Å². The number of hydrogen-bond donors (Lipinski definition) is 1. The van der Waals surface area contributed by atoms with Gasteiger partial charge in [-0.25, -0.2) is 10.1 Å². The van der Waals surface area contributed by atoms with E-state index in [0.29, 0.717) is 19.3 Å². The average Bonchev–Trinajstić information content (AvgIpc) is 3.00. The van der Waals surface area contributed by atoms with Crippen molar-refractivity contribution in [2.75, 3.05) is 13.2 Å². The van der Waals surface area contributed by atoms with Crippen molar-refractivity contribution in [2.24, 2.45) is 0 Å². The highest BCUT2D eigenvalue weighted by atomic mass is 32.1. The van der Waals surface area contributed by atoms with E-state index in [1.807, 2.05) is 56.3 Å². The Bertz CT molecular complexity index is 818. The molecule has 0 aliphatic rings. The third kappa shape index (κ3) is 3.93. The summed E-state index contributed by atoms with van der Waals surface area (Å²) in [6.07, 6.45) is 0.398. The van der Waals surface area contributed by atoms with Crippen LogP contribution in [0.2, 0.25) is 0 Å². The fourth-order valence-corrected chi connectivity index (χ4v) is 5.44. The van der Waals surface area contributed by atoms with Crippen molar-refractivity contribution in [3.8, 4) is 10.6 Å². The molecule has 6 heteroatoms. The SMILES string of the molecule is CCNP(=O)(Cc1ccc(-c2nc3ccccc3s2)cc1)OCC. The second-order valence-corrected chi connectivity index (χ2v) is 8.71. The maximum atomic E-state index is 12.7. The minimum atomic E-state index is -2.81. The summed E-state index contributed by atoms with van der Waals surface area (Å²) >= 11 is 1.68. The minimum Gasteiger partial charge on any atom is -0.318 e. The minimum absolute atomic E-state index is 0.398. The van der Waals surface area contributed by atoms with Crippen LogP contribution in [0.4, 0.5) is 0 Å². The molecule has 1 unspecified atom stereocenters. The maximum absolute atomic E-state index is 12.7. The molecule has 0 amide bonds. The van der Waals surface area contributed by atoms with Crippen LogP contribution in [0.1, 0.15) is 19.4 Å². The summed E-state index contributed by atoms with van der Waals surface area (Å²) in [7, 11) is -2.81. The lowest BCUT2D eigenvalue weighted by atomic mass is 10.2. The summed E-state index contributed by atoms with van der Waals surface area (Å²) < 4.78 is 19.4. The van der Waals surface area contributed by atoms with Gasteiger partial charge in [-0.2, -0.15) is 0 Å². The fourth-order valence-electron chi connectivity index (χ4n) is 2.59. The number of rotatable bonds is 7. The van der Waals surface area contributed by atoms with Gasteiger partial charge >= 0.3 is 0 Å². The molecule has 3 aromatic rings. The van der Waals surface area contributed by atoms with E-state index in [1.165, 1.54) is 4.70 Å². The molecule has 0 aliphatic heterocycles. The Labute approximate surface area is 146 Å². The zero-order chi connectivity index (χ0) is 17.0. The number of para-hydroxylation sites is 1. The smallest absolute Gasteiger partial charge is 0.274 e. The zero-order valence-electron chi connectivity index (χ0n) is 13.9. The van der Waals surface area contributed by atoms with E-state index in [9.17, 15) is 4.57 Å². The zero-order valence-corrected chi connectivity index (χ0v) is 15.6. The molecule has 1 atom stereocenters. The van der Waals surface area contributed by atoms with Crippen LogP contribution in [-0.2, 0) is 15.3 Å². The van der Waals surface area contributed by atoms with Gasteiger partial charge in [0.2, 0.25) is 0 Å². The van der Waals surface area contributed by atoms with E-state index in [1.54, 1.807) is 11.3 Å². The molecule has 0 saturated carbocycles. The molecule has 1 N–H and O–H groups in total. The van der Waals surface area contributed by atoms with Gasteiger partial charge in [0.25, 0.3) is 7.52 Å². The predicted molar refractivity (Wildman–Crippen MR) is 102 cm³/mol. The van der Waals surface area contributed by atoms with Gasteiger partial charge < -0.3 is 4.52 Å². The van der Waals surface area contributed by atoms with E-state index in [2.05, 4.69) is 16.1 Å². The average molecular weight is 360 g/mol. The van der Waals surface area contributed by atoms with Gasteiger partial charge in [0.1, 0.15) is 5.01 Å². The molecule has 3 rings (SSSR count). The van der Waals surface area contributed by atoms with Gasteiger partial charge in [0.15, 0.2) is 0 Å². The Hall–Kier alpha value is -1.52. The Morgan fingerprint density at radius 1 is 1.12 bits per heavy atom. The lowest BCUT2D eigenvalue weighted by Gasteiger charge is -2.18. The van der Waals surface area contributed by atoms with E-state index in [4.69, 9.17) is 4.52 Å². The van der Waals surface area contributed by atoms with Crippen LogP contribution in [0.25, 0.3) is 20.8 Å². The molecule has 126 valence electrons. The van der Waals surface area contributed by atoms with Crippen LogP contribution in [0, 0.1) is 0 Å². The summed E-state index contributed by atoms with van der Waals surface area (Å²) in [5, 5.41) is 4.00. The quantitative estimate of drug-likeness (QED) is 0.581. The first kappa shape index (κ1) is 17.3. The number of benzene rings is 2. The summed E-state index contributed by atoms with van der Waals surface area (Å²) in [5.74, 6) is 0. The molecule has 0 spiro atoms. The van der Waals surface area contributed by atoms with Crippen molar-refractivity contribution in [3.05, 3.63) is 54.1 Å². The molecule has 0 fully saturated rings. The Kier molecular flexibility index (Phi) is 5.47. The van der Waals surface area contributed by atoms with E-state index in [-0.39, 0.29) is 0 Å². The number of hydrogen-bond acceptors (Lipinski definition) is 4. The topological polar surface area (TPSA) is 51.2 Å². The van der Waals surface area contributed by atoms with Gasteiger partial charge in [0.05, 0.1) is 23.0 Å². The van der Waals surface area contributed by atoms with Crippen LogP contribution < -0.4 is 5.09 Å². The second kappa shape index (κ2) is 7.58. The number of aromatic nitrogens is 1. The summed E-state index contributed by atoms with van der Waals surface area (Å²) in [6.45, 7) is 4.86. The number of thiazole rings is 1. The molecular formula is C18H21N2O2PS. The summed E-state index contributed by atoms with van der Waals surface area (Å²) in [6, 6.07) is 16.2. The molecule has 1 aromatic heterocycles. The van der Waals surface area contributed by atoms with Gasteiger partial charge in [-0.3, -0.25) is 4.57 Å². The van der Waals surface area contributed by atoms with E-state index >= 15 is 0 Å². The normalized spacial score (nSPS) is 13.9. The largest absolute Gasteiger partial charge is 0.318 e. The Morgan fingerprint density at radius 2 is 1.88 bits per heavy atom. The highest BCUT2D eigenvalue weighted by Crippen LogP contribution is 2.45. The molecule has 0 radical (unpaired) electrons. The van der Waals surface area contributed by atoms with Crippen LogP contribution in [0.3, 0.4) is 0 Å². The monoisotopic (exact) mass is 360 g/mol. The molecule has 0 saturated heterocycles. The molecule has 1 heterocycles. The van der Waals surface area contributed by atoms with Crippen LogP contribution >= 0.6 is 18.9 Å². The maximum Gasteiger partial charge on any atom is 0.274 e. The molecule has 0 bridgehead atoms. The summed E-state index contributed by atoms with van der Waals surface area (Å²) in [4.78, 5) is 4.67. The lowest BCUT2D eigenvalue weighted by Crippen LogP contribution is -2.13. The Balaban J connectivity index is 1.81. The van der Waals surface area contributed by atoms with Crippen molar-refractivity contribution >= 4 is 29.1 Å². The van der Waals surface area contributed by atoms with Crippen LogP contribution in [-0.4, -0.2) is 18.1 Å². The third-order valence-electron chi connectivity index (χ3n) is 3.62. The second-order valence-electron chi connectivity index (χ2n) is 5.44. The van der Waals surface area contributed by atoms with Crippen molar-refractivity contribution in [1.82, 2.24) is 10.1 Å². The molecule has 4 nitrogen and oxygen atoms in total. The fraction of sp³-hybridized carbons (Fsp3) is 0.278. The third-order valence-corrected chi connectivity index (χ3v) is 6.96. The first-order valence-electron chi connectivity index (χ1n) is 8.07. The van der Waals surface area contributed by atoms with Crippen molar-refractivity contribution in [1.29, 1.82) is 0 Å². The number of nitrogens with one attached hydrogen (secondary N) is 1. The van der Waals surface area contributed by atoms with Crippen molar-refractivity contribution in [2.45, 2.75) is 20.0 Å².